The van der Waals surface area contributed by atoms with E-state index < -0.39 is 0 Å². The summed E-state index contributed by atoms with van der Waals surface area (Å²) in [5.41, 5.74) is 1.52. The molecule has 61 valence electrons. The Morgan fingerprint density at radius 1 is 1.00 bits per heavy atom. The van der Waals surface area contributed by atoms with E-state index in [9.17, 15) is 0 Å². The van der Waals surface area contributed by atoms with Crippen molar-refractivity contribution in [3.8, 4) is 0 Å². The Bertz CT molecular complexity index is 154. The van der Waals surface area contributed by atoms with Crippen molar-refractivity contribution in [3.05, 3.63) is 11.8 Å². The highest BCUT2D eigenvalue weighted by Crippen LogP contribution is 2.23. The molecule has 1 saturated heterocycles. The van der Waals surface area contributed by atoms with Crippen LogP contribution in [0, 0.1) is 6.08 Å². The van der Waals surface area contributed by atoms with Gasteiger partial charge in [-0.1, -0.05) is 0 Å². The summed E-state index contributed by atoms with van der Waals surface area (Å²) in [6, 6.07) is 0. The summed E-state index contributed by atoms with van der Waals surface area (Å²) in [6.07, 6.45) is 11.5. The molecule has 2 aliphatic rings. The Morgan fingerprint density at radius 3 is 2.45 bits per heavy atom. The molecule has 0 spiro atoms. The van der Waals surface area contributed by atoms with E-state index in [1.165, 1.54) is 57.3 Å². The Morgan fingerprint density at radius 2 is 1.82 bits per heavy atom. The van der Waals surface area contributed by atoms with E-state index in [-0.39, 0.29) is 0 Å². The molecule has 0 aromatic carbocycles. The molecule has 1 aliphatic heterocycles. The molecule has 1 heterocycles. The first-order chi connectivity index (χ1) is 5.47. The molecule has 1 radical (unpaired) electrons. The van der Waals surface area contributed by atoms with Gasteiger partial charge in [0.05, 0.1) is 0 Å². The lowest BCUT2D eigenvalue weighted by molar-refractivity contribution is 0.388. The summed E-state index contributed by atoms with van der Waals surface area (Å²) < 4.78 is 0. The van der Waals surface area contributed by atoms with E-state index in [1.807, 2.05) is 0 Å². The third kappa shape index (κ3) is 1.58. The lowest BCUT2D eigenvalue weighted by atomic mass is 10.0. The molecule has 0 unspecified atom stereocenters. The molecule has 11 heavy (non-hydrogen) atoms. The third-order valence-electron chi connectivity index (χ3n) is 2.66. The molecule has 1 aliphatic carbocycles. The molecular weight excluding hydrogens is 134 g/mol. The van der Waals surface area contributed by atoms with Crippen LogP contribution in [0.2, 0.25) is 0 Å². The number of nitrogens with zero attached hydrogens (tertiary/aromatic N) is 1. The summed E-state index contributed by atoms with van der Waals surface area (Å²) >= 11 is 0. The highest BCUT2D eigenvalue weighted by molar-refractivity contribution is 5.00. The fourth-order valence-electron chi connectivity index (χ4n) is 2.00. The van der Waals surface area contributed by atoms with Crippen LogP contribution in [0.3, 0.4) is 0 Å². The van der Waals surface area contributed by atoms with E-state index in [2.05, 4.69) is 11.0 Å². The van der Waals surface area contributed by atoms with Crippen LogP contribution in [0.4, 0.5) is 0 Å². The zero-order valence-corrected chi connectivity index (χ0v) is 7.10. The number of allylic oxidation sites excluding steroid dienone is 2. The highest BCUT2D eigenvalue weighted by atomic mass is 15.1. The molecule has 1 nitrogen and oxygen atoms in total. The van der Waals surface area contributed by atoms with Crippen molar-refractivity contribution in [2.45, 2.75) is 38.5 Å². The van der Waals surface area contributed by atoms with Crippen LogP contribution in [0.15, 0.2) is 5.70 Å². The van der Waals surface area contributed by atoms with E-state index in [0.29, 0.717) is 0 Å². The van der Waals surface area contributed by atoms with Crippen molar-refractivity contribution >= 4 is 0 Å². The second kappa shape index (κ2) is 3.29. The molecular formula is C10H16N. The van der Waals surface area contributed by atoms with Gasteiger partial charge in [0.15, 0.2) is 0 Å². The van der Waals surface area contributed by atoms with Gasteiger partial charge >= 0.3 is 0 Å². The van der Waals surface area contributed by atoms with Crippen LogP contribution >= 0.6 is 0 Å². The monoisotopic (exact) mass is 150 g/mol. The van der Waals surface area contributed by atoms with Gasteiger partial charge in [0.2, 0.25) is 0 Å². The molecule has 0 N–H and O–H groups in total. The van der Waals surface area contributed by atoms with Crippen LogP contribution in [0.1, 0.15) is 38.5 Å². The summed E-state index contributed by atoms with van der Waals surface area (Å²) in [5.74, 6) is 0. The lowest BCUT2D eigenvalue weighted by Crippen LogP contribution is -2.19. The van der Waals surface area contributed by atoms with Gasteiger partial charge in [-0.15, -0.1) is 0 Å². The van der Waals surface area contributed by atoms with Gasteiger partial charge in [-0.05, 0) is 44.6 Å². The van der Waals surface area contributed by atoms with Crippen molar-refractivity contribution in [2.75, 3.05) is 13.1 Å². The Balaban J connectivity index is 1.96. The van der Waals surface area contributed by atoms with Crippen LogP contribution in [-0.2, 0) is 0 Å². The molecule has 0 aromatic rings. The maximum absolute atomic E-state index is 3.50. The zero-order chi connectivity index (χ0) is 7.52. The lowest BCUT2D eigenvalue weighted by Gasteiger charge is -2.23. The number of hydrogen-bond acceptors (Lipinski definition) is 1. The van der Waals surface area contributed by atoms with Crippen LogP contribution in [-0.4, -0.2) is 18.0 Å². The SMILES string of the molecule is [C]1=C(N2CCCC2)CCCC1. The van der Waals surface area contributed by atoms with Crippen LogP contribution in [0.5, 0.6) is 0 Å². The number of hydrogen-bond donors (Lipinski definition) is 0. The Hall–Kier alpha value is -0.460. The largest absolute Gasteiger partial charge is 0.375 e. The zero-order valence-electron chi connectivity index (χ0n) is 7.10. The van der Waals surface area contributed by atoms with E-state index in [1.54, 1.807) is 0 Å². The summed E-state index contributed by atoms with van der Waals surface area (Å²) in [6.45, 7) is 2.59. The van der Waals surface area contributed by atoms with Gasteiger partial charge in [0, 0.05) is 18.8 Å². The smallest absolute Gasteiger partial charge is 0.0175 e. The maximum atomic E-state index is 3.50. The quantitative estimate of drug-likeness (QED) is 0.554. The van der Waals surface area contributed by atoms with Crippen molar-refractivity contribution in [1.29, 1.82) is 0 Å². The van der Waals surface area contributed by atoms with Gasteiger partial charge in [-0.3, -0.25) is 0 Å². The molecule has 1 fully saturated rings. The van der Waals surface area contributed by atoms with Gasteiger partial charge in [0.1, 0.15) is 0 Å². The molecule has 0 saturated carbocycles. The van der Waals surface area contributed by atoms with Gasteiger partial charge in [-0.25, -0.2) is 0 Å². The first-order valence-electron chi connectivity index (χ1n) is 4.81. The summed E-state index contributed by atoms with van der Waals surface area (Å²) in [7, 11) is 0. The second-order valence-corrected chi connectivity index (χ2v) is 3.52. The minimum absolute atomic E-state index is 1.20. The van der Waals surface area contributed by atoms with Crippen LogP contribution in [0.25, 0.3) is 0 Å². The normalized spacial score (nSPS) is 25.5. The molecule has 1 heteroatoms. The minimum Gasteiger partial charge on any atom is -0.375 e. The molecule has 0 atom stereocenters. The first-order valence-corrected chi connectivity index (χ1v) is 4.81. The van der Waals surface area contributed by atoms with Gasteiger partial charge < -0.3 is 4.90 Å². The molecule has 0 amide bonds. The van der Waals surface area contributed by atoms with E-state index in [0.717, 1.165) is 0 Å². The number of likely N-dealkylation sites (tertiary alicyclic amines) is 1. The van der Waals surface area contributed by atoms with Crippen LogP contribution < -0.4 is 0 Å². The third-order valence-corrected chi connectivity index (χ3v) is 2.66. The van der Waals surface area contributed by atoms with Gasteiger partial charge in [0.25, 0.3) is 0 Å². The average molecular weight is 150 g/mol. The van der Waals surface area contributed by atoms with Crippen molar-refractivity contribution in [3.63, 3.8) is 0 Å². The predicted octanol–water partition coefficient (Wildman–Crippen LogP) is 2.34. The van der Waals surface area contributed by atoms with E-state index >= 15 is 0 Å². The number of rotatable bonds is 1. The topological polar surface area (TPSA) is 3.24 Å². The maximum Gasteiger partial charge on any atom is 0.0175 e. The fraction of sp³-hybridized carbons (Fsp3) is 0.800. The minimum atomic E-state index is 1.20. The standard InChI is InChI=1S/C10H16N/c1-2-6-10(7-3-1)11-8-4-5-9-11/h1-6,8-9H2. The second-order valence-electron chi connectivity index (χ2n) is 3.52. The Kier molecular flexibility index (Phi) is 2.16. The Labute approximate surface area is 69.1 Å². The summed E-state index contributed by atoms with van der Waals surface area (Å²) in [4.78, 5) is 2.53. The molecule has 0 bridgehead atoms. The van der Waals surface area contributed by atoms with Gasteiger partial charge in [-0.2, -0.15) is 0 Å². The fourth-order valence-corrected chi connectivity index (χ4v) is 2.00. The van der Waals surface area contributed by atoms with Crippen molar-refractivity contribution in [2.24, 2.45) is 0 Å². The van der Waals surface area contributed by atoms with E-state index in [4.69, 9.17) is 0 Å². The summed E-state index contributed by atoms with van der Waals surface area (Å²) in [5, 5.41) is 0. The first kappa shape index (κ1) is 7.20. The predicted molar refractivity (Wildman–Crippen MR) is 46.0 cm³/mol. The highest BCUT2D eigenvalue weighted by Gasteiger charge is 2.15. The molecule has 0 aromatic heterocycles. The van der Waals surface area contributed by atoms with Crippen molar-refractivity contribution < 1.29 is 0 Å². The average Bonchev–Trinajstić information content (AvgIpc) is 2.58. The van der Waals surface area contributed by atoms with Crippen molar-refractivity contribution in [1.82, 2.24) is 4.90 Å². The molecule has 2 rings (SSSR count).